The Morgan fingerprint density at radius 1 is 1.53 bits per heavy atom. The van der Waals surface area contributed by atoms with Crippen molar-refractivity contribution in [3.8, 4) is 0 Å². The van der Waals surface area contributed by atoms with Gasteiger partial charge in [0, 0.05) is 6.54 Å². The van der Waals surface area contributed by atoms with Crippen LogP contribution in [0.15, 0.2) is 21.2 Å². The lowest BCUT2D eigenvalue weighted by Crippen LogP contribution is -2.29. The number of furan rings is 1. The summed E-state index contributed by atoms with van der Waals surface area (Å²) in [4.78, 5) is 11.6. The summed E-state index contributed by atoms with van der Waals surface area (Å²) >= 11 is 3.11. The Hall–Kier alpha value is -0.820. The zero-order valence-electron chi connectivity index (χ0n) is 8.98. The summed E-state index contributed by atoms with van der Waals surface area (Å²) in [6.07, 6.45) is 0.616. The van der Waals surface area contributed by atoms with Crippen LogP contribution < -0.4 is 5.32 Å². The molecule has 2 rings (SSSR count). The first-order valence-corrected chi connectivity index (χ1v) is 7.82. The number of carbonyl (C=O) groups is 1. The van der Waals surface area contributed by atoms with Crippen molar-refractivity contribution in [2.24, 2.45) is 5.92 Å². The summed E-state index contributed by atoms with van der Waals surface area (Å²) in [5, 5.41) is 2.67. The van der Waals surface area contributed by atoms with Crippen molar-refractivity contribution in [2.45, 2.75) is 6.42 Å². The SMILES string of the molecule is O=C(NC[C@@H]1CCS(=O)(=O)C1)c1ccc(Br)o1. The van der Waals surface area contributed by atoms with Crippen molar-refractivity contribution in [3.05, 3.63) is 22.6 Å². The van der Waals surface area contributed by atoms with Gasteiger partial charge in [0.05, 0.1) is 11.5 Å². The van der Waals surface area contributed by atoms with Crippen LogP contribution in [0.5, 0.6) is 0 Å². The quantitative estimate of drug-likeness (QED) is 0.907. The summed E-state index contributed by atoms with van der Waals surface area (Å²) in [5.41, 5.74) is 0. The highest BCUT2D eigenvalue weighted by Crippen LogP contribution is 2.18. The lowest BCUT2D eigenvalue weighted by Gasteiger charge is -2.07. The second kappa shape index (κ2) is 4.81. The molecule has 1 fully saturated rings. The first-order valence-electron chi connectivity index (χ1n) is 5.20. The third kappa shape index (κ3) is 3.32. The number of carbonyl (C=O) groups excluding carboxylic acids is 1. The minimum atomic E-state index is -2.89. The van der Waals surface area contributed by atoms with E-state index in [4.69, 9.17) is 4.42 Å². The second-order valence-corrected chi connectivity index (χ2v) is 7.09. The van der Waals surface area contributed by atoms with Gasteiger partial charge in [-0.15, -0.1) is 0 Å². The van der Waals surface area contributed by atoms with Gasteiger partial charge in [-0.1, -0.05) is 0 Å². The molecule has 1 N–H and O–H groups in total. The maximum Gasteiger partial charge on any atom is 0.287 e. The Morgan fingerprint density at radius 2 is 2.29 bits per heavy atom. The lowest BCUT2D eigenvalue weighted by atomic mass is 10.1. The van der Waals surface area contributed by atoms with Crippen molar-refractivity contribution in [1.29, 1.82) is 0 Å². The molecule has 1 atom stereocenters. The monoisotopic (exact) mass is 321 g/mol. The summed E-state index contributed by atoms with van der Waals surface area (Å²) < 4.78 is 28.0. The Kier molecular flexibility index (Phi) is 3.58. The summed E-state index contributed by atoms with van der Waals surface area (Å²) in [6, 6.07) is 3.19. The fourth-order valence-corrected chi connectivity index (χ4v) is 3.96. The Labute approximate surface area is 108 Å². The summed E-state index contributed by atoms with van der Waals surface area (Å²) in [5.74, 6) is 0.301. The van der Waals surface area contributed by atoms with E-state index in [1.807, 2.05) is 0 Å². The van der Waals surface area contributed by atoms with Crippen molar-refractivity contribution >= 4 is 31.7 Å². The predicted molar refractivity (Wildman–Crippen MR) is 65.5 cm³/mol. The smallest absolute Gasteiger partial charge is 0.287 e. The molecule has 0 bridgehead atoms. The van der Waals surface area contributed by atoms with Gasteiger partial charge in [-0.2, -0.15) is 0 Å². The van der Waals surface area contributed by atoms with Gasteiger partial charge >= 0.3 is 0 Å². The molecule has 1 aromatic heterocycles. The van der Waals surface area contributed by atoms with Crippen molar-refractivity contribution < 1.29 is 17.6 Å². The molecule has 1 aliphatic rings. The third-order valence-corrected chi connectivity index (χ3v) is 4.94. The summed E-state index contributed by atoms with van der Waals surface area (Å²) in [7, 11) is -2.89. The van der Waals surface area contributed by atoms with E-state index >= 15 is 0 Å². The molecule has 94 valence electrons. The van der Waals surface area contributed by atoms with Gasteiger partial charge in [0.1, 0.15) is 0 Å². The maximum absolute atomic E-state index is 11.6. The number of hydrogen-bond acceptors (Lipinski definition) is 4. The molecule has 0 aliphatic carbocycles. The van der Waals surface area contributed by atoms with Gasteiger partial charge in [0.25, 0.3) is 5.91 Å². The number of nitrogens with one attached hydrogen (secondary N) is 1. The van der Waals surface area contributed by atoms with Gasteiger partial charge in [0.15, 0.2) is 20.3 Å². The van der Waals surface area contributed by atoms with E-state index in [9.17, 15) is 13.2 Å². The number of hydrogen-bond donors (Lipinski definition) is 1. The van der Waals surface area contributed by atoms with E-state index in [1.165, 1.54) is 0 Å². The molecular weight excluding hydrogens is 310 g/mol. The van der Waals surface area contributed by atoms with E-state index in [2.05, 4.69) is 21.2 Å². The predicted octanol–water partition coefficient (Wildman–Crippen LogP) is 1.21. The van der Waals surface area contributed by atoms with Crippen LogP contribution in [0, 0.1) is 5.92 Å². The first kappa shape index (κ1) is 12.6. The molecule has 17 heavy (non-hydrogen) atoms. The van der Waals surface area contributed by atoms with Crippen molar-refractivity contribution in [2.75, 3.05) is 18.1 Å². The molecule has 1 saturated heterocycles. The topological polar surface area (TPSA) is 76.4 Å². The van der Waals surface area contributed by atoms with Crippen LogP contribution in [0.2, 0.25) is 0 Å². The largest absolute Gasteiger partial charge is 0.444 e. The zero-order valence-corrected chi connectivity index (χ0v) is 11.4. The van der Waals surface area contributed by atoms with Gasteiger partial charge in [-0.3, -0.25) is 4.79 Å². The van der Waals surface area contributed by atoms with Crippen molar-refractivity contribution in [3.63, 3.8) is 0 Å². The molecule has 2 heterocycles. The van der Waals surface area contributed by atoms with E-state index in [0.717, 1.165) is 0 Å². The lowest BCUT2D eigenvalue weighted by molar-refractivity contribution is 0.0919. The van der Waals surface area contributed by atoms with Crippen molar-refractivity contribution in [1.82, 2.24) is 5.32 Å². The summed E-state index contributed by atoms with van der Waals surface area (Å²) in [6.45, 7) is 0.371. The molecule has 1 aromatic rings. The fraction of sp³-hybridized carbons (Fsp3) is 0.500. The Balaban J connectivity index is 1.85. The maximum atomic E-state index is 11.6. The van der Waals surface area contributed by atoms with Crippen LogP contribution >= 0.6 is 15.9 Å². The molecule has 7 heteroatoms. The molecule has 5 nitrogen and oxygen atoms in total. The van der Waals surface area contributed by atoms with Crippen LogP contribution in [-0.2, 0) is 9.84 Å². The number of amides is 1. The van der Waals surface area contributed by atoms with Gasteiger partial charge in [0.2, 0.25) is 0 Å². The van der Waals surface area contributed by atoms with E-state index in [1.54, 1.807) is 12.1 Å². The van der Waals surface area contributed by atoms with Gasteiger partial charge < -0.3 is 9.73 Å². The Bertz CT molecular complexity index is 522. The highest BCUT2D eigenvalue weighted by atomic mass is 79.9. The van der Waals surface area contributed by atoms with E-state index in [0.29, 0.717) is 17.6 Å². The minimum Gasteiger partial charge on any atom is -0.444 e. The molecular formula is C10H12BrNO4S. The Morgan fingerprint density at radius 3 is 2.82 bits per heavy atom. The molecule has 0 saturated carbocycles. The van der Waals surface area contributed by atoms with E-state index in [-0.39, 0.29) is 29.1 Å². The third-order valence-electron chi connectivity index (χ3n) is 2.68. The normalized spacial score (nSPS) is 22.5. The minimum absolute atomic E-state index is 0.0161. The molecule has 0 aromatic carbocycles. The standard InChI is InChI=1S/C10H12BrNO4S/c11-9-2-1-8(16-9)10(13)12-5-7-3-4-17(14,15)6-7/h1-2,7H,3-6H2,(H,12,13)/t7-/m0/s1. The average Bonchev–Trinajstić information content (AvgIpc) is 2.81. The van der Waals surface area contributed by atoms with Crippen LogP contribution in [0.1, 0.15) is 17.0 Å². The molecule has 0 spiro atoms. The van der Waals surface area contributed by atoms with Gasteiger partial charge in [-0.25, -0.2) is 8.42 Å². The zero-order chi connectivity index (χ0) is 12.5. The number of sulfone groups is 1. The van der Waals surface area contributed by atoms with Crippen LogP contribution in [0.25, 0.3) is 0 Å². The van der Waals surface area contributed by atoms with Crippen LogP contribution in [0.3, 0.4) is 0 Å². The molecule has 1 aliphatic heterocycles. The van der Waals surface area contributed by atoms with E-state index < -0.39 is 9.84 Å². The van der Waals surface area contributed by atoms with Crippen LogP contribution in [-0.4, -0.2) is 32.4 Å². The molecule has 0 unspecified atom stereocenters. The van der Waals surface area contributed by atoms with Crippen LogP contribution in [0.4, 0.5) is 0 Å². The first-order chi connectivity index (χ1) is 7.96. The fourth-order valence-electron chi connectivity index (χ4n) is 1.79. The number of halogens is 1. The highest BCUT2D eigenvalue weighted by molar-refractivity contribution is 9.10. The average molecular weight is 322 g/mol. The molecule has 0 radical (unpaired) electrons. The second-order valence-electron chi connectivity index (χ2n) is 4.08. The number of rotatable bonds is 3. The van der Waals surface area contributed by atoms with Gasteiger partial charge in [-0.05, 0) is 40.4 Å². The highest BCUT2D eigenvalue weighted by Gasteiger charge is 2.28. The molecule has 1 amide bonds.